The van der Waals surface area contributed by atoms with Crippen LogP contribution in [0.5, 0.6) is 0 Å². The Kier molecular flexibility index (Phi) is 4.19. The Bertz CT molecular complexity index is 234. The van der Waals surface area contributed by atoms with Gasteiger partial charge in [-0.25, -0.2) is 4.79 Å². The van der Waals surface area contributed by atoms with Crippen molar-refractivity contribution in [3.63, 3.8) is 0 Å². The molecule has 0 bridgehead atoms. The minimum atomic E-state index is -0.583. The third kappa shape index (κ3) is 3.85. The van der Waals surface area contributed by atoms with Crippen LogP contribution >= 0.6 is 0 Å². The highest BCUT2D eigenvalue weighted by Gasteiger charge is 2.16. The maximum atomic E-state index is 10.8. The van der Waals surface area contributed by atoms with E-state index in [9.17, 15) is 4.79 Å². The third-order valence-electron chi connectivity index (χ3n) is 1.97. The molecule has 0 unspecified atom stereocenters. The van der Waals surface area contributed by atoms with E-state index in [1.807, 2.05) is 0 Å². The van der Waals surface area contributed by atoms with Gasteiger partial charge in [-0.05, 0) is 19.8 Å². The lowest BCUT2D eigenvalue weighted by Gasteiger charge is -2.00. The number of rotatable bonds is 1. The first-order chi connectivity index (χ1) is 6.33. The summed E-state index contributed by atoms with van der Waals surface area (Å²) in [6, 6.07) is 0. The summed E-state index contributed by atoms with van der Waals surface area (Å²) in [5.41, 5.74) is 1.03. The van der Waals surface area contributed by atoms with Gasteiger partial charge in [0.2, 0.25) is 5.11 Å². The largest absolute Gasteiger partial charge is 0.509 e. The van der Waals surface area contributed by atoms with E-state index in [0.29, 0.717) is 6.61 Å². The summed E-state index contributed by atoms with van der Waals surface area (Å²) in [7, 11) is 0. The SMILES string of the molecule is CCOC(=O)N=[N+]=C1CCCCC1. The first-order valence-electron chi connectivity index (χ1n) is 4.76. The number of nitrogens with zero attached hydrogens (tertiary/aromatic N) is 2. The second-order valence-electron chi connectivity index (χ2n) is 3.03. The topological polar surface area (TPSA) is 52.8 Å². The first kappa shape index (κ1) is 9.93. The van der Waals surface area contributed by atoms with Crippen LogP contribution in [-0.2, 0) is 4.74 Å². The monoisotopic (exact) mass is 183 g/mol. The third-order valence-corrected chi connectivity index (χ3v) is 1.97. The minimum Gasteiger partial charge on any atom is -0.444 e. The van der Waals surface area contributed by atoms with Gasteiger partial charge in [-0.2, -0.15) is 0 Å². The zero-order valence-corrected chi connectivity index (χ0v) is 7.95. The molecule has 1 aliphatic rings. The zero-order chi connectivity index (χ0) is 9.52. The predicted octanol–water partition coefficient (Wildman–Crippen LogP) is 2.21. The van der Waals surface area contributed by atoms with Gasteiger partial charge < -0.3 is 4.74 Å². The second kappa shape index (κ2) is 5.49. The van der Waals surface area contributed by atoms with Crippen LogP contribution in [0.3, 0.4) is 0 Å². The van der Waals surface area contributed by atoms with Crippen LogP contribution in [0.15, 0.2) is 5.11 Å². The molecule has 4 heteroatoms. The number of carbonyl (C=O) groups excluding carboxylic acids is 1. The molecule has 0 heterocycles. The van der Waals surface area contributed by atoms with E-state index < -0.39 is 6.09 Å². The van der Waals surface area contributed by atoms with Gasteiger partial charge >= 0.3 is 11.8 Å². The highest BCUT2D eigenvalue weighted by molar-refractivity contribution is 5.79. The Morgan fingerprint density at radius 3 is 2.77 bits per heavy atom. The molecule has 0 aliphatic heterocycles. The Hall–Kier alpha value is -1.15. The standard InChI is InChI=1S/C9H15N2O2/c1-2-13-9(12)11-10-8-6-4-3-5-7-8/h2-7H2,1H3/q+1. The van der Waals surface area contributed by atoms with E-state index in [2.05, 4.69) is 14.6 Å². The smallest absolute Gasteiger partial charge is 0.444 e. The highest BCUT2D eigenvalue weighted by atomic mass is 16.5. The molecular weight excluding hydrogens is 168 g/mol. The van der Waals surface area contributed by atoms with Crippen molar-refractivity contribution >= 4 is 11.8 Å². The molecule has 0 radical (unpaired) electrons. The van der Waals surface area contributed by atoms with Crippen LogP contribution in [-0.4, -0.2) is 23.2 Å². The summed E-state index contributed by atoms with van der Waals surface area (Å²) in [5, 5.41) is 3.46. The fourth-order valence-electron chi connectivity index (χ4n) is 1.32. The fourth-order valence-corrected chi connectivity index (χ4v) is 1.32. The fraction of sp³-hybridized carbons (Fsp3) is 0.778. The lowest BCUT2D eigenvalue weighted by Crippen LogP contribution is -2.07. The molecule has 4 nitrogen and oxygen atoms in total. The molecule has 0 N–H and O–H groups in total. The lowest BCUT2D eigenvalue weighted by molar-refractivity contribution is -0.0923. The van der Waals surface area contributed by atoms with Crippen LogP contribution in [0.25, 0.3) is 0 Å². The van der Waals surface area contributed by atoms with Crippen molar-refractivity contribution in [3.05, 3.63) is 0 Å². The second-order valence-corrected chi connectivity index (χ2v) is 3.03. The lowest BCUT2D eigenvalue weighted by atomic mass is 9.99. The number of carbonyl (C=O) groups is 1. The molecule has 0 atom stereocenters. The quantitative estimate of drug-likeness (QED) is 0.462. The maximum Gasteiger partial charge on any atom is 0.509 e. The molecule has 0 aromatic heterocycles. The van der Waals surface area contributed by atoms with Gasteiger partial charge in [0, 0.05) is 12.8 Å². The molecule has 1 aliphatic carbocycles. The van der Waals surface area contributed by atoms with Crippen molar-refractivity contribution in [3.8, 4) is 0 Å². The number of amides is 1. The molecule has 0 aromatic carbocycles. The van der Waals surface area contributed by atoms with Crippen molar-refractivity contribution in [2.45, 2.75) is 39.0 Å². The number of hydrogen-bond donors (Lipinski definition) is 0. The van der Waals surface area contributed by atoms with Gasteiger partial charge in [-0.15, -0.1) is 0 Å². The molecule has 1 amide bonds. The molecule has 72 valence electrons. The van der Waals surface area contributed by atoms with E-state index in [4.69, 9.17) is 0 Å². The van der Waals surface area contributed by atoms with Crippen LogP contribution in [0.4, 0.5) is 4.79 Å². The summed E-state index contributed by atoms with van der Waals surface area (Å²) in [6.45, 7) is 2.11. The Balaban J connectivity index is 2.46. The van der Waals surface area contributed by atoms with Gasteiger partial charge in [0.15, 0.2) is 0 Å². The maximum absolute atomic E-state index is 10.8. The van der Waals surface area contributed by atoms with Gasteiger partial charge in [0.25, 0.3) is 0 Å². The summed E-state index contributed by atoms with van der Waals surface area (Å²) >= 11 is 0. The van der Waals surface area contributed by atoms with Crippen molar-refractivity contribution in [2.75, 3.05) is 6.61 Å². The van der Waals surface area contributed by atoms with Crippen molar-refractivity contribution < 1.29 is 14.3 Å². The number of hydrogen-bond acceptors (Lipinski definition) is 2. The van der Waals surface area contributed by atoms with Gasteiger partial charge in [0.1, 0.15) is 0 Å². The van der Waals surface area contributed by atoms with Crippen LogP contribution in [0.1, 0.15) is 39.0 Å². The number of ether oxygens (including phenoxy) is 1. The molecule has 0 aromatic rings. The van der Waals surface area contributed by atoms with Gasteiger partial charge in [-0.1, -0.05) is 6.42 Å². The van der Waals surface area contributed by atoms with Crippen LogP contribution in [0.2, 0.25) is 0 Å². The Morgan fingerprint density at radius 1 is 1.46 bits per heavy atom. The van der Waals surface area contributed by atoms with E-state index in [1.165, 1.54) is 6.42 Å². The molecule has 1 saturated carbocycles. The molecule has 13 heavy (non-hydrogen) atoms. The van der Waals surface area contributed by atoms with Crippen molar-refractivity contribution in [1.82, 2.24) is 0 Å². The van der Waals surface area contributed by atoms with E-state index in [1.54, 1.807) is 6.92 Å². The average Bonchev–Trinajstić information content (AvgIpc) is 2.17. The normalized spacial score (nSPS) is 16.2. The summed E-state index contributed by atoms with van der Waals surface area (Å²) in [5.74, 6) is 0. The summed E-state index contributed by atoms with van der Waals surface area (Å²) in [4.78, 5) is 14.7. The zero-order valence-electron chi connectivity index (χ0n) is 7.95. The summed E-state index contributed by atoms with van der Waals surface area (Å²) in [6.07, 6.45) is 4.96. The highest BCUT2D eigenvalue weighted by Crippen LogP contribution is 2.12. The molecule has 1 rings (SSSR count). The molecule has 0 saturated heterocycles. The van der Waals surface area contributed by atoms with Crippen molar-refractivity contribution in [2.24, 2.45) is 5.11 Å². The first-order valence-corrected chi connectivity index (χ1v) is 4.76. The van der Waals surface area contributed by atoms with E-state index >= 15 is 0 Å². The van der Waals surface area contributed by atoms with E-state index in [0.717, 1.165) is 31.4 Å². The predicted molar refractivity (Wildman–Crippen MR) is 47.8 cm³/mol. The molecule has 1 fully saturated rings. The van der Waals surface area contributed by atoms with Gasteiger partial charge in [-0.3, -0.25) is 0 Å². The van der Waals surface area contributed by atoms with Crippen molar-refractivity contribution in [1.29, 1.82) is 0 Å². The van der Waals surface area contributed by atoms with Crippen LogP contribution < -0.4 is 0 Å². The van der Waals surface area contributed by atoms with Gasteiger partial charge in [0.05, 0.1) is 11.4 Å². The summed E-state index contributed by atoms with van der Waals surface area (Å²) < 4.78 is 4.62. The Labute approximate surface area is 77.7 Å². The average molecular weight is 183 g/mol. The molecule has 0 spiro atoms. The Morgan fingerprint density at radius 2 is 2.15 bits per heavy atom. The minimum absolute atomic E-state index is 0.354. The van der Waals surface area contributed by atoms with E-state index in [-0.39, 0.29) is 0 Å². The van der Waals surface area contributed by atoms with Crippen LogP contribution in [0, 0.1) is 0 Å². The molecular formula is C9H15N2O2+.